The molecule has 10 heteroatoms. The molecular weight excluding hydrogens is 356 g/mol. The van der Waals surface area contributed by atoms with Gasteiger partial charge in [0.05, 0.1) is 17.6 Å². The van der Waals surface area contributed by atoms with E-state index in [2.05, 4.69) is 4.74 Å². The molecule has 0 atom stereocenters. The highest BCUT2D eigenvalue weighted by atomic mass is 19.4. The number of aryl methyl sites for hydroxylation is 1. The van der Waals surface area contributed by atoms with Gasteiger partial charge >= 0.3 is 18.3 Å². The highest BCUT2D eigenvalue weighted by molar-refractivity contribution is 6.11. The van der Waals surface area contributed by atoms with Crippen molar-refractivity contribution in [3.63, 3.8) is 0 Å². The molecule has 2 aromatic rings. The Kier molecular flexibility index (Phi) is 4.83. The van der Waals surface area contributed by atoms with E-state index in [4.69, 9.17) is 0 Å². The summed E-state index contributed by atoms with van der Waals surface area (Å²) >= 11 is 0. The molecule has 0 radical (unpaired) electrons. The lowest BCUT2D eigenvalue weighted by Crippen LogP contribution is -2.26. The van der Waals surface area contributed by atoms with Crippen LogP contribution in [0.25, 0.3) is 10.9 Å². The Morgan fingerprint density at radius 1 is 1.08 bits per heavy atom. The number of ether oxygens (including phenoxy) is 1. The molecule has 0 saturated carbocycles. The predicted molar refractivity (Wildman–Crippen MR) is 74.1 cm³/mol. The van der Waals surface area contributed by atoms with E-state index < -0.39 is 36.3 Å². The van der Waals surface area contributed by atoms with Gasteiger partial charge in [0.1, 0.15) is 6.61 Å². The maximum absolute atomic E-state index is 12.7. The molecule has 0 saturated heterocycles. The van der Waals surface area contributed by atoms with Crippen molar-refractivity contribution in [2.45, 2.75) is 25.8 Å². The van der Waals surface area contributed by atoms with Crippen molar-refractivity contribution in [1.82, 2.24) is 4.57 Å². The van der Waals surface area contributed by atoms with Gasteiger partial charge in [-0.2, -0.15) is 26.3 Å². The third kappa shape index (κ3) is 3.94. The molecule has 1 aromatic heterocycles. The van der Waals surface area contributed by atoms with Crippen LogP contribution in [-0.4, -0.2) is 35.3 Å². The van der Waals surface area contributed by atoms with E-state index in [1.54, 1.807) is 13.0 Å². The number of Topliss-reactive ketones (excluding diaryl/α,β-unsaturated/α-hetero) is 1. The van der Waals surface area contributed by atoms with Gasteiger partial charge in [0.2, 0.25) is 0 Å². The molecule has 0 aliphatic heterocycles. The van der Waals surface area contributed by atoms with Gasteiger partial charge in [-0.3, -0.25) is 4.79 Å². The Balaban J connectivity index is 2.34. The van der Waals surface area contributed by atoms with Gasteiger partial charge < -0.3 is 9.30 Å². The molecular formula is C15H11F6NO3. The second kappa shape index (κ2) is 6.41. The summed E-state index contributed by atoms with van der Waals surface area (Å²) in [5, 5.41) is 0.0180. The van der Waals surface area contributed by atoms with Crippen molar-refractivity contribution >= 4 is 22.7 Å². The Hall–Kier alpha value is -2.52. The number of rotatable bonds is 4. The van der Waals surface area contributed by atoms with E-state index >= 15 is 0 Å². The van der Waals surface area contributed by atoms with Crippen molar-refractivity contribution in [2.75, 3.05) is 6.61 Å². The van der Waals surface area contributed by atoms with Crippen LogP contribution in [0.1, 0.15) is 15.9 Å². The van der Waals surface area contributed by atoms with Crippen LogP contribution in [0.4, 0.5) is 26.3 Å². The molecule has 4 nitrogen and oxygen atoms in total. The van der Waals surface area contributed by atoms with Crippen LogP contribution in [0.2, 0.25) is 0 Å². The lowest BCUT2D eigenvalue weighted by Gasteiger charge is -2.09. The highest BCUT2D eigenvalue weighted by Gasteiger charge is 2.42. The number of alkyl halides is 6. The number of nitrogens with zero attached hydrogens (tertiary/aromatic N) is 1. The molecule has 2 rings (SSSR count). The number of carbonyl (C=O) groups is 2. The first-order valence-corrected chi connectivity index (χ1v) is 6.87. The zero-order chi connectivity index (χ0) is 19.0. The fraction of sp³-hybridized carbons (Fsp3) is 0.333. The monoisotopic (exact) mass is 367 g/mol. The standard InChI is InChI=1S/C15H11F6NO3/c1-8-3-2-4-9-10(12(23)14(16,17)18)7-22(11(8)9)5-6-25-13(24)15(19,20)21/h2-4,7H,5-6H2,1H3. The van der Waals surface area contributed by atoms with Crippen LogP contribution < -0.4 is 0 Å². The maximum atomic E-state index is 12.7. The fourth-order valence-electron chi connectivity index (χ4n) is 2.38. The molecule has 0 fully saturated rings. The summed E-state index contributed by atoms with van der Waals surface area (Å²) in [6.07, 6.45) is -9.35. The zero-order valence-electron chi connectivity index (χ0n) is 12.7. The van der Waals surface area contributed by atoms with Gasteiger partial charge in [0.25, 0.3) is 5.78 Å². The largest absolute Gasteiger partial charge is 0.490 e. The first-order chi connectivity index (χ1) is 11.4. The van der Waals surface area contributed by atoms with Gasteiger partial charge in [-0.25, -0.2) is 4.79 Å². The van der Waals surface area contributed by atoms with E-state index in [0.29, 0.717) is 5.56 Å². The first-order valence-electron chi connectivity index (χ1n) is 6.87. The molecule has 136 valence electrons. The van der Waals surface area contributed by atoms with Crippen molar-refractivity contribution in [1.29, 1.82) is 0 Å². The fourth-order valence-corrected chi connectivity index (χ4v) is 2.38. The number of benzene rings is 1. The van der Waals surface area contributed by atoms with Crippen LogP contribution in [0.5, 0.6) is 0 Å². The summed E-state index contributed by atoms with van der Waals surface area (Å²) in [7, 11) is 0. The number of ketones is 1. The number of aromatic nitrogens is 1. The molecule has 0 spiro atoms. The molecule has 0 N–H and O–H groups in total. The average Bonchev–Trinajstić information content (AvgIpc) is 2.84. The minimum Gasteiger partial charge on any atom is -0.457 e. The van der Waals surface area contributed by atoms with Gasteiger partial charge in [-0.05, 0) is 12.5 Å². The Morgan fingerprint density at radius 3 is 2.28 bits per heavy atom. The molecule has 0 bridgehead atoms. The third-order valence-electron chi connectivity index (χ3n) is 3.40. The van der Waals surface area contributed by atoms with Crippen molar-refractivity contribution in [3.05, 3.63) is 35.5 Å². The second-order valence-corrected chi connectivity index (χ2v) is 5.17. The van der Waals surface area contributed by atoms with Gasteiger partial charge in [0.15, 0.2) is 0 Å². The van der Waals surface area contributed by atoms with Crippen LogP contribution in [0.15, 0.2) is 24.4 Å². The number of halogens is 6. The lowest BCUT2D eigenvalue weighted by atomic mass is 10.1. The number of hydrogen-bond acceptors (Lipinski definition) is 3. The Bertz CT molecular complexity index is 819. The molecule has 1 aromatic carbocycles. The van der Waals surface area contributed by atoms with Crippen LogP contribution in [0, 0.1) is 6.92 Å². The second-order valence-electron chi connectivity index (χ2n) is 5.17. The highest BCUT2D eigenvalue weighted by Crippen LogP contribution is 2.30. The first kappa shape index (κ1) is 18.8. The molecule has 0 amide bonds. The normalized spacial score (nSPS) is 12.4. The molecule has 25 heavy (non-hydrogen) atoms. The minimum atomic E-state index is -5.16. The smallest absolute Gasteiger partial charge is 0.457 e. The molecule has 1 heterocycles. The summed E-state index contributed by atoms with van der Waals surface area (Å²) in [6, 6.07) is 4.33. The van der Waals surface area contributed by atoms with Gasteiger partial charge in [0, 0.05) is 11.6 Å². The summed E-state index contributed by atoms with van der Waals surface area (Å²) in [4.78, 5) is 22.2. The average molecular weight is 367 g/mol. The van der Waals surface area contributed by atoms with Gasteiger partial charge in [-0.1, -0.05) is 18.2 Å². The summed E-state index contributed by atoms with van der Waals surface area (Å²) in [5.41, 5.74) is 0.146. The SMILES string of the molecule is Cc1cccc2c(C(=O)C(F)(F)F)cn(CCOC(=O)C(F)(F)F)c12. The quantitative estimate of drug-likeness (QED) is 0.469. The third-order valence-corrected chi connectivity index (χ3v) is 3.40. The van der Waals surface area contributed by atoms with Crippen molar-refractivity contribution in [3.8, 4) is 0 Å². The summed E-state index contributed by atoms with van der Waals surface area (Å²) in [6.45, 7) is 0.521. The Morgan fingerprint density at radius 2 is 1.72 bits per heavy atom. The van der Waals surface area contributed by atoms with Gasteiger partial charge in [-0.15, -0.1) is 0 Å². The lowest BCUT2D eigenvalue weighted by molar-refractivity contribution is -0.199. The topological polar surface area (TPSA) is 48.3 Å². The number of fused-ring (bicyclic) bond motifs is 1. The van der Waals surface area contributed by atoms with E-state index in [-0.39, 0.29) is 17.4 Å². The summed E-state index contributed by atoms with van der Waals surface area (Å²) < 4.78 is 79.6. The number of para-hydroxylation sites is 1. The number of carbonyl (C=O) groups excluding carboxylic acids is 2. The van der Waals surface area contributed by atoms with E-state index in [1.165, 1.54) is 12.1 Å². The van der Waals surface area contributed by atoms with Crippen LogP contribution >= 0.6 is 0 Å². The molecule has 0 unspecified atom stereocenters. The number of hydrogen-bond donors (Lipinski definition) is 0. The van der Waals surface area contributed by atoms with Crippen molar-refractivity contribution < 1.29 is 40.7 Å². The van der Waals surface area contributed by atoms with E-state index in [9.17, 15) is 35.9 Å². The maximum Gasteiger partial charge on any atom is 0.490 e. The molecule has 0 aliphatic rings. The van der Waals surface area contributed by atoms with E-state index in [0.717, 1.165) is 10.8 Å². The summed E-state index contributed by atoms with van der Waals surface area (Å²) in [5.74, 6) is -4.46. The molecule has 0 aliphatic carbocycles. The number of esters is 1. The Labute approximate surface area is 137 Å². The van der Waals surface area contributed by atoms with Crippen molar-refractivity contribution in [2.24, 2.45) is 0 Å². The van der Waals surface area contributed by atoms with Crippen LogP contribution in [0.3, 0.4) is 0 Å². The van der Waals surface area contributed by atoms with Crippen LogP contribution in [-0.2, 0) is 16.1 Å². The van der Waals surface area contributed by atoms with E-state index in [1.807, 2.05) is 0 Å². The predicted octanol–water partition coefficient (Wildman–Crippen LogP) is 3.80. The zero-order valence-corrected chi connectivity index (χ0v) is 12.7. The minimum absolute atomic E-state index is 0.0180.